The minimum absolute atomic E-state index is 0.234. The lowest BCUT2D eigenvalue weighted by Gasteiger charge is -2.10. The molecule has 0 aliphatic heterocycles. The van der Waals surface area contributed by atoms with Gasteiger partial charge < -0.3 is 9.84 Å². The fourth-order valence-corrected chi connectivity index (χ4v) is 0.571. The van der Waals surface area contributed by atoms with Crippen molar-refractivity contribution in [2.75, 3.05) is 13.2 Å². The Morgan fingerprint density at radius 2 is 2.08 bits per heavy atom. The number of rotatable bonds is 5. The maximum atomic E-state index is 11.5. The monoisotopic (exact) mass is 184 g/mol. The molecular weight excluding hydrogens is 173 g/mol. The van der Waals surface area contributed by atoms with Gasteiger partial charge in [0, 0.05) is 0 Å². The molecule has 1 N–H and O–H groups in total. The topological polar surface area (TPSA) is 29.5 Å². The fourth-order valence-electron chi connectivity index (χ4n) is 0.571. The lowest BCUT2D eigenvalue weighted by molar-refractivity contribution is -0.178. The van der Waals surface area contributed by atoms with Crippen molar-refractivity contribution in [3.63, 3.8) is 0 Å². The fraction of sp³-hybridized carbons (Fsp3) is 0.714. The molecule has 0 fully saturated rings. The summed E-state index contributed by atoms with van der Waals surface area (Å²) in [5.74, 6) is 0. The Labute approximate surface area is 68.6 Å². The van der Waals surface area contributed by atoms with E-state index in [1.165, 1.54) is 6.08 Å². The molecule has 0 aliphatic rings. The van der Waals surface area contributed by atoms with E-state index in [1.807, 2.05) is 0 Å². The summed E-state index contributed by atoms with van der Waals surface area (Å²) < 4.78 is 38.6. The van der Waals surface area contributed by atoms with Crippen LogP contribution in [0.15, 0.2) is 12.7 Å². The third kappa shape index (κ3) is 7.56. The van der Waals surface area contributed by atoms with Gasteiger partial charge in [-0.2, -0.15) is 13.2 Å². The predicted molar refractivity (Wildman–Crippen MR) is 37.7 cm³/mol. The van der Waals surface area contributed by atoms with E-state index < -0.39 is 18.9 Å². The SMILES string of the molecule is C=CCC(O)COCC(F)(F)F. The van der Waals surface area contributed by atoms with Crippen LogP contribution in [0.5, 0.6) is 0 Å². The molecule has 0 radical (unpaired) electrons. The van der Waals surface area contributed by atoms with Gasteiger partial charge in [-0.05, 0) is 6.42 Å². The molecule has 5 heteroatoms. The van der Waals surface area contributed by atoms with Gasteiger partial charge in [0.05, 0.1) is 12.7 Å². The standard InChI is InChI=1S/C7H11F3O2/c1-2-3-6(11)4-12-5-7(8,9)10/h2,6,11H,1,3-5H2. The van der Waals surface area contributed by atoms with Gasteiger partial charge in [-0.3, -0.25) is 0 Å². The summed E-state index contributed by atoms with van der Waals surface area (Å²) in [5, 5.41) is 8.88. The van der Waals surface area contributed by atoms with Gasteiger partial charge in [0.2, 0.25) is 0 Å². The molecule has 0 rings (SSSR count). The van der Waals surface area contributed by atoms with Crippen LogP contribution in [0.3, 0.4) is 0 Å². The molecule has 0 aromatic rings. The van der Waals surface area contributed by atoms with Gasteiger partial charge in [0.15, 0.2) is 0 Å². The van der Waals surface area contributed by atoms with Crippen LogP contribution in [0, 0.1) is 0 Å². The average Bonchev–Trinajstić information content (AvgIpc) is 1.84. The van der Waals surface area contributed by atoms with Crippen LogP contribution in [0.25, 0.3) is 0 Å². The Balaban J connectivity index is 3.36. The maximum Gasteiger partial charge on any atom is 0.411 e. The zero-order chi connectivity index (χ0) is 9.61. The molecule has 12 heavy (non-hydrogen) atoms. The second kappa shape index (κ2) is 5.16. The van der Waals surface area contributed by atoms with Crippen LogP contribution in [-0.2, 0) is 4.74 Å². The predicted octanol–water partition coefficient (Wildman–Crippen LogP) is 1.50. The zero-order valence-corrected chi connectivity index (χ0v) is 6.47. The Hall–Kier alpha value is -0.550. The highest BCUT2D eigenvalue weighted by molar-refractivity contribution is 4.71. The minimum Gasteiger partial charge on any atom is -0.390 e. The van der Waals surface area contributed by atoms with Gasteiger partial charge in [0.1, 0.15) is 6.61 Å². The summed E-state index contributed by atoms with van der Waals surface area (Å²) in [6.45, 7) is 1.69. The molecular formula is C7H11F3O2. The van der Waals surface area contributed by atoms with Gasteiger partial charge >= 0.3 is 6.18 Å². The van der Waals surface area contributed by atoms with Crippen molar-refractivity contribution in [3.8, 4) is 0 Å². The first-order valence-corrected chi connectivity index (χ1v) is 3.39. The van der Waals surface area contributed by atoms with Crippen molar-refractivity contribution in [1.29, 1.82) is 0 Å². The molecule has 1 atom stereocenters. The number of hydrogen-bond donors (Lipinski definition) is 1. The number of aliphatic hydroxyl groups excluding tert-OH is 1. The van der Waals surface area contributed by atoms with Crippen LogP contribution in [-0.4, -0.2) is 30.6 Å². The summed E-state index contributed by atoms with van der Waals surface area (Å²) in [6, 6.07) is 0. The van der Waals surface area contributed by atoms with E-state index in [4.69, 9.17) is 5.11 Å². The molecule has 0 aromatic heterocycles. The summed E-state index contributed by atoms with van der Waals surface area (Å²) >= 11 is 0. The van der Waals surface area contributed by atoms with Crippen LogP contribution in [0.4, 0.5) is 13.2 Å². The lowest BCUT2D eigenvalue weighted by Crippen LogP contribution is -2.22. The zero-order valence-electron chi connectivity index (χ0n) is 6.47. The highest BCUT2D eigenvalue weighted by Crippen LogP contribution is 2.14. The first-order chi connectivity index (χ1) is 5.45. The third-order valence-electron chi connectivity index (χ3n) is 1.01. The van der Waals surface area contributed by atoms with Gasteiger partial charge in [-0.1, -0.05) is 6.08 Å². The van der Waals surface area contributed by atoms with E-state index in [9.17, 15) is 13.2 Å². The molecule has 2 nitrogen and oxygen atoms in total. The number of hydrogen-bond acceptors (Lipinski definition) is 2. The lowest BCUT2D eigenvalue weighted by atomic mass is 10.3. The quantitative estimate of drug-likeness (QED) is 0.656. The average molecular weight is 184 g/mol. The Morgan fingerprint density at radius 1 is 1.50 bits per heavy atom. The minimum atomic E-state index is -4.33. The molecule has 0 saturated carbocycles. The molecule has 0 amide bonds. The van der Waals surface area contributed by atoms with Crippen LogP contribution < -0.4 is 0 Å². The largest absolute Gasteiger partial charge is 0.411 e. The second-order valence-corrected chi connectivity index (χ2v) is 2.31. The Morgan fingerprint density at radius 3 is 2.50 bits per heavy atom. The van der Waals surface area contributed by atoms with Crippen molar-refractivity contribution in [1.82, 2.24) is 0 Å². The molecule has 72 valence electrons. The molecule has 0 bridgehead atoms. The normalized spacial score (nSPS) is 14.3. The number of ether oxygens (including phenoxy) is 1. The first-order valence-electron chi connectivity index (χ1n) is 3.39. The molecule has 0 aromatic carbocycles. The van der Waals surface area contributed by atoms with Crippen molar-refractivity contribution in [2.24, 2.45) is 0 Å². The van der Waals surface area contributed by atoms with E-state index in [1.54, 1.807) is 0 Å². The second-order valence-electron chi connectivity index (χ2n) is 2.31. The highest BCUT2D eigenvalue weighted by Gasteiger charge is 2.27. The van der Waals surface area contributed by atoms with Crippen LogP contribution in [0.2, 0.25) is 0 Å². The molecule has 0 saturated heterocycles. The number of alkyl halides is 3. The van der Waals surface area contributed by atoms with Gasteiger partial charge in [-0.15, -0.1) is 6.58 Å². The summed E-state index contributed by atoms with van der Waals surface area (Å²) in [7, 11) is 0. The maximum absolute atomic E-state index is 11.5. The van der Waals surface area contributed by atoms with Crippen molar-refractivity contribution >= 4 is 0 Å². The number of halogens is 3. The third-order valence-corrected chi connectivity index (χ3v) is 1.01. The summed E-state index contributed by atoms with van der Waals surface area (Å²) in [6.07, 6.45) is -3.57. The first kappa shape index (κ1) is 11.4. The molecule has 0 heterocycles. The van der Waals surface area contributed by atoms with Crippen molar-refractivity contribution in [2.45, 2.75) is 18.7 Å². The van der Waals surface area contributed by atoms with E-state index in [0.717, 1.165) is 0 Å². The Kier molecular flexibility index (Phi) is 4.92. The highest BCUT2D eigenvalue weighted by atomic mass is 19.4. The molecule has 1 unspecified atom stereocenters. The summed E-state index contributed by atoms with van der Waals surface area (Å²) in [4.78, 5) is 0. The van der Waals surface area contributed by atoms with Gasteiger partial charge in [-0.25, -0.2) is 0 Å². The van der Waals surface area contributed by atoms with E-state index in [-0.39, 0.29) is 13.0 Å². The Bertz CT molecular complexity index is 133. The molecule has 0 spiro atoms. The van der Waals surface area contributed by atoms with Crippen molar-refractivity contribution < 1.29 is 23.0 Å². The smallest absolute Gasteiger partial charge is 0.390 e. The van der Waals surface area contributed by atoms with Crippen molar-refractivity contribution in [3.05, 3.63) is 12.7 Å². The molecule has 0 aliphatic carbocycles. The van der Waals surface area contributed by atoms with E-state index in [2.05, 4.69) is 11.3 Å². The summed E-state index contributed by atoms with van der Waals surface area (Å²) in [5.41, 5.74) is 0. The van der Waals surface area contributed by atoms with E-state index >= 15 is 0 Å². The van der Waals surface area contributed by atoms with Gasteiger partial charge in [0.25, 0.3) is 0 Å². The van der Waals surface area contributed by atoms with E-state index in [0.29, 0.717) is 0 Å². The van der Waals surface area contributed by atoms with Crippen LogP contribution in [0.1, 0.15) is 6.42 Å². The van der Waals surface area contributed by atoms with Crippen LogP contribution >= 0.6 is 0 Å². The number of aliphatic hydroxyl groups is 1.